The number of rotatable bonds is 5. The van der Waals surface area contributed by atoms with E-state index in [0.29, 0.717) is 5.25 Å². The molecule has 0 amide bonds. The summed E-state index contributed by atoms with van der Waals surface area (Å²) in [5.74, 6) is 0. The molecule has 1 aliphatic heterocycles. The van der Waals surface area contributed by atoms with Crippen molar-refractivity contribution in [2.75, 3.05) is 19.8 Å². The summed E-state index contributed by atoms with van der Waals surface area (Å²) in [6, 6.07) is 8.25. The monoisotopic (exact) mass is 239 g/mol. The van der Waals surface area contributed by atoms with Crippen LogP contribution in [-0.2, 0) is 6.42 Å². The summed E-state index contributed by atoms with van der Waals surface area (Å²) in [4.78, 5) is 1.36. The summed E-state index contributed by atoms with van der Waals surface area (Å²) in [5, 5.41) is 21.6. The van der Waals surface area contributed by atoms with Crippen LogP contribution in [0.15, 0.2) is 29.2 Å². The molecule has 1 heterocycles. The fourth-order valence-electron chi connectivity index (χ4n) is 1.85. The van der Waals surface area contributed by atoms with Gasteiger partial charge >= 0.3 is 0 Å². The Morgan fingerprint density at radius 3 is 2.75 bits per heavy atom. The molecule has 1 aromatic carbocycles. The summed E-state index contributed by atoms with van der Waals surface area (Å²) in [7, 11) is 0. The van der Waals surface area contributed by atoms with Gasteiger partial charge < -0.3 is 15.5 Å². The lowest BCUT2D eigenvalue weighted by Crippen LogP contribution is -2.39. The SMILES string of the molecule is OCC(CO)NCC1Cc2ccccc2S1. The molecule has 3 nitrogen and oxygen atoms in total. The van der Waals surface area contributed by atoms with Gasteiger partial charge in [-0.3, -0.25) is 0 Å². The lowest BCUT2D eigenvalue weighted by Gasteiger charge is -2.16. The van der Waals surface area contributed by atoms with Crippen LogP contribution in [0.25, 0.3) is 0 Å². The van der Waals surface area contributed by atoms with Crippen LogP contribution in [0.3, 0.4) is 0 Å². The van der Waals surface area contributed by atoms with Crippen LogP contribution < -0.4 is 5.32 Å². The molecule has 0 aromatic heterocycles. The van der Waals surface area contributed by atoms with E-state index in [1.807, 2.05) is 11.8 Å². The van der Waals surface area contributed by atoms with Crippen LogP contribution in [0.4, 0.5) is 0 Å². The Bertz CT molecular complexity index is 317. The normalized spacial score (nSPS) is 19.1. The Morgan fingerprint density at radius 2 is 2.06 bits per heavy atom. The third kappa shape index (κ3) is 2.77. The zero-order valence-corrected chi connectivity index (χ0v) is 9.91. The van der Waals surface area contributed by atoms with Crippen LogP contribution in [0.1, 0.15) is 5.56 Å². The van der Waals surface area contributed by atoms with Crippen molar-refractivity contribution < 1.29 is 10.2 Å². The second-order valence-corrected chi connectivity index (χ2v) is 5.36. The predicted molar refractivity (Wildman–Crippen MR) is 65.8 cm³/mol. The number of hydrogen-bond donors (Lipinski definition) is 3. The van der Waals surface area contributed by atoms with Crippen molar-refractivity contribution in [2.24, 2.45) is 0 Å². The first kappa shape index (κ1) is 11.9. The molecule has 0 saturated carbocycles. The van der Waals surface area contributed by atoms with Gasteiger partial charge in [0.25, 0.3) is 0 Å². The van der Waals surface area contributed by atoms with Crippen molar-refractivity contribution >= 4 is 11.8 Å². The molecule has 4 heteroatoms. The second-order valence-electron chi connectivity index (χ2n) is 4.02. The van der Waals surface area contributed by atoms with Crippen molar-refractivity contribution in [3.05, 3.63) is 29.8 Å². The van der Waals surface area contributed by atoms with E-state index in [-0.39, 0.29) is 19.3 Å². The molecule has 2 rings (SSSR count). The quantitative estimate of drug-likeness (QED) is 0.706. The number of fused-ring (bicyclic) bond motifs is 1. The molecular weight excluding hydrogens is 222 g/mol. The summed E-state index contributed by atoms with van der Waals surface area (Å²) in [5.41, 5.74) is 1.41. The summed E-state index contributed by atoms with van der Waals surface area (Å²) >= 11 is 1.87. The van der Waals surface area contributed by atoms with E-state index in [4.69, 9.17) is 10.2 Å². The van der Waals surface area contributed by atoms with E-state index in [1.165, 1.54) is 10.5 Å². The average molecular weight is 239 g/mol. The smallest absolute Gasteiger partial charge is 0.0607 e. The number of benzene rings is 1. The Morgan fingerprint density at radius 1 is 1.31 bits per heavy atom. The maximum absolute atomic E-state index is 8.94. The van der Waals surface area contributed by atoms with Gasteiger partial charge in [-0.2, -0.15) is 0 Å². The topological polar surface area (TPSA) is 52.5 Å². The van der Waals surface area contributed by atoms with Crippen LogP contribution in [-0.4, -0.2) is 41.3 Å². The summed E-state index contributed by atoms with van der Waals surface area (Å²) in [6.45, 7) is 0.798. The van der Waals surface area contributed by atoms with Crippen molar-refractivity contribution in [2.45, 2.75) is 22.6 Å². The predicted octanol–water partition coefficient (Wildman–Crippen LogP) is 0.646. The molecule has 0 spiro atoms. The van der Waals surface area contributed by atoms with E-state index in [9.17, 15) is 0 Å². The van der Waals surface area contributed by atoms with Gasteiger partial charge in [0.05, 0.1) is 19.3 Å². The minimum absolute atomic E-state index is 0.0131. The second kappa shape index (κ2) is 5.68. The van der Waals surface area contributed by atoms with Gasteiger partial charge in [0.1, 0.15) is 0 Å². The first-order chi connectivity index (χ1) is 7.83. The summed E-state index contributed by atoms with van der Waals surface area (Å²) < 4.78 is 0. The number of thioether (sulfide) groups is 1. The highest BCUT2D eigenvalue weighted by Gasteiger charge is 2.22. The number of aliphatic hydroxyl groups excluding tert-OH is 2. The molecule has 0 radical (unpaired) electrons. The Hall–Kier alpha value is -0.550. The van der Waals surface area contributed by atoms with Crippen LogP contribution >= 0.6 is 11.8 Å². The van der Waals surface area contributed by atoms with Crippen molar-refractivity contribution in [1.82, 2.24) is 5.32 Å². The third-order valence-electron chi connectivity index (χ3n) is 2.79. The zero-order valence-electron chi connectivity index (χ0n) is 9.10. The first-order valence-electron chi connectivity index (χ1n) is 5.53. The molecule has 0 saturated heterocycles. The highest BCUT2D eigenvalue weighted by atomic mass is 32.2. The highest BCUT2D eigenvalue weighted by Crippen LogP contribution is 2.36. The molecule has 3 N–H and O–H groups in total. The Kier molecular flexibility index (Phi) is 4.23. The van der Waals surface area contributed by atoms with E-state index in [1.54, 1.807) is 0 Å². The van der Waals surface area contributed by atoms with Crippen LogP contribution in [0, 0.1) is 0 Å². The third-order valence-corrected chi connectivity index (χ3v) is 4.11. The summed E-state index contributed by atoms with van der Waals surface area (Å²) in [6.07, 6.45) is 1.07. The number of nitrogens with one attached hydrogen (secondary N) is 1. The van der Waals surface area contributed by atoms with Gasteiger partial charge in [0.15, 0.2) is 0 Å². The largest absolute Gasteiger partial charge is 0.395 e. The van der Waals surface area contributed by atoms with Gasteiger partial charge in [-0.05, 0) is 18.1 Å². The first-order valence-corrected chi connectivity index (χ1v) is 6.41. The van der Waals surface area contributed by atoms with Crippen molar-refractivity contribution in [3.8, 4) is 0 Å². The molecule has 16 heavy (non-hydrogen) atoms. The standard InChI is InChI=1S/C12H17NO2S/c14-7-10(8-15)13-6-11-5-9-3-1-2-4-12(9)16-11/h1-4,10-11,13-15H,5-8H2. The van der Waals surface area contributed by atoms with Gasteiger partial charge in [-0.1, -0.05) is 18.2 Å². The van der Waals surface area contributed by atoms with Crippen LogP contribution in [0.2, 0.25) is 0 Å². The molecule has 1 atom stereocenters. The van der Waals surface area contributed by atoms with Gasteiger partial charge in [0, 0.05) is 16.7 Å². The molecule has 1 unspecified atom stereocenters. The van der Waals surface area contributed by atoms with Gasteiger partial charge in [0.2, 0.25) is 0 Å². The molecule has 1 aromatic rings. The number of hydrogen-bond acceptors (Lipinski definition) is 4. The lowest BCUT2D eigenvalue weighted by atomic mass is 10.1. The molecule has 0 fully saturated rings. The van der Waals surface area contributed by atoms with Crippen LogP contribution in [0.5, 0.6) is 0 Å². The molecule has 0 aliphatic carbocycles. The van der Waals surface area contributed by atoms with Gasteiger partial charge in [-0.25, -0.2) is 0 Å². The lowest BCUT2D eigenvalue weighted by molar-refractivity contribution is 0.171. The number of aliphatic hydroxyl groups is 2. The molecule has 88 valence electrons. The van der Waals surface area contributed by atoms with E-state index in [2.05, 4.69) is 29.6 Å². The Balaban J connectivity index is 1.83. The Labute approximate surface area is 99.9 Å². The molecule has 1 aliphatic rings. The maximum Gasteiger partial charge on any atom is 0.0607 e. The highest BCUT2D eigenvalue weighted by molar-refractivity contribution is 8.00. The average Bonchev–Trinajstić information content (AvgIpc) is 2.73. The fraction of sp³-hybridized carbons (Fsp3) is 0.500. The van der Waals surface area contributed by atoms with E-state index >= 15 is 0 Å². The minimum atomic E-state index is -0.190. The maximum atomic E-state index is 8.94. The molecule has 0 bridgehead atoms. The zero-order chi connectivity index (χ0) is 11.4. The fourth-order valence-corrected chi connectivity index (χ4v) is 3.11. The van der Waals surface area contributed by atoms with Gasteiger partial charge in [-0.15, -0.1) is 11.8 Å². The van der Waals surface area contributed by atoms with Crippen molar-refractivity contribution in [3.63, 3.8) is 0 Å². The minimum Gasteiger partial charge on any atom is -0.395 e. The van der Waals surface area contributed by atoms with E-state index in [0.717, 1.165) is 13.0 Å². The van der Waals surface area contributed by atoms with E-state index < -0.39 is 0 Å². The molecular formula is C12H17NO2S. The van der Waals surface area contributed by atoms with Crippen molar-refractivity contribution in [1.29, 1.82) is 0 Å².